The number of hydrogen-bond donors (Lipinski definition) is 4. The standard InChI is InChI=1S/C9H18N2O5/c1-4-6(12)7(13)5(8(15-3)16-4)11-9(14)10-2/h4-8,12-13H,1-3H3,(H2,10,11,14)/t4-,5+,6-,7-,8+/m1/s1. The minimum absolute atomic E-state index is 0.476. The van der Waals surface area contributed by atoms with Crippen LogP contribution in [0.4, 0.5) is 4.79 Å². The van der Waals surface area contributed by atoms with E-state index in [1.165, 1.54) is 14.2 Å². The van der Waals surface area contributed by atoms with Gasteiger partial charge >= 0.3 is 6.03 Å². The van der Waals surface area contributed by atoms with Crippen LogP contribution in [-0.2, 0) is 9.47 Å². The smallest absolute Gasteiger partial charge is 0.315 e. The topological polar surface area (TPSA) is 100 Å². The van der Waals surface area contributed by atoms with Crippen molar-refractivity contribution < 1.29 is 24.5 Å². The van der Waals surface area contributed by atoms with Crippen molar-refractivity contribution in [2.75, 3.05) is 14.2 Å². The fraction of sp³-hybridized carbons (Fsp3) is 0.889. The van der Waals surface area contributed by atoms with Gasteiger partial charge in [-0.1, -0.05) is 0 Å². The number of aliphatic hydroxyl groups is 2. The molecule has 0 spiro atoms. The second kappa shape index (κ2) is 5.44. The van der Waals surface area contributed by atoms with Crippen LogP contribution in [0.5, 0.6) is 0 Å². The zero-order valence-electron chi connectivity index (χ0n) is 9.51. The molecule has 0 unspecified atom stereocenters. The molecule has 4 N–H and O–H groups in total. The van der Waals surface area contributed by atoms with Crippen LogP contribution in [0.1, 0.15) is 6.92 Å². The lowest BCUT2D eigenvalue weighted by molar-refractivity contribution is -0.250. The molecule has 1 rings (SSSR count). The minimum atomic E-state index is -1.13. The first kappa shape index (κ1) is 13.2. The highest BCUT2D eigenvalue weighted by atomic mass is 16.7. The molecule has 1 aliphatic heterocycles. The van der Waals surface area contributed by atoms with Gasteiger partial charge in [-0.15, -0.1) is 0 Å². The van der Waals surface area contributed by atoms with Crippen LogP contribution in [0.15, 0.2) is 0 Å². The predicted octanol–water partition coefficient (Wildman–Crippen LogP) is -1.60. The summed E-state index contributed by atoms with van der Waals surface area (Å²) in [4.78, 5) is 11.1. The third-order valence-electron chi connectivity index (χ3n) is 2.60. The van der Waals surface area contributed by atoms with Crippen LogP contribution in [-0.4, -0.2) is 61.0 Å². The van der Waals surface area contributed by atoms with Crippen molar-refractivity contribution in [2.24, 2.45) is 0 Å². The Morgan fingerprint density at radius 1 is 1.38 bits per heavy atom. The number of urea groups is 1. The van der Waals surface area contributed by atoms with Crippen molar-refractivity contribution >= 4 is 6.03 Å². The van der Waals surface area contributed by atoms with E-state index >= 15 is 0 Å². The quantitative estimate of drug-likeness (QED) is 0.461. The highest BCUT2D eigenvalue weighted by Crippen LogP contribution is 2.21. The Bertz CT molecular complexity index is 248. The number of carbonyl (C=O) groups excluding carboxylic acids is 1. The van der Waals surface area contributed by atoms with Crippen molar-refractivity contribution in [3.8, 4) is 0 Å². The molecule has 1 aliphatic rings. The third-order valence-corrected chi connectivity index (χ3v) is 2.60. The van der Waals surface area contributed by atoms with E-state index in [-0.39, 0.29) is 0 Å². The molecule has 7 nitrogen and oxygen atoms in total. The number of amides is 2. The molecule has 1 heterocycles. The van der Waals surface area contributed by atoms with E-state index in [0.717, 1.165) is 0 Å². The maximum Gasteiger partial charge on any atom is 0.315 e. The molecule has 94 valence electrons. The highest BCUT2D eigenvalue weighted by Gasteiger charge is 2.43. The minimum Gasteiger partial charge on any atom is -0.388 e. The molecular formula is C9H18N2O5. The fourth-order valence-electron chi connectivity index (χ4n) is 1.61. The normalized spacial score (nSPS) is 39.2. The molecule has 0 bridgehead atoms. The van der Waals surface area contributed by atoms with E-state index in [1.54, 1.807) is 6.92 Å². The summed E-state index contributed by atoms with van der Waals surface area (Å²) >= 11 is 0. The molecule has 0 aromatic rings. The number of aliphatic hydroxyl groups excluding tert-OH is 2. The first-order chi connectivity index (χ1) is 7.51. The molecule has 0 aromatic heterocycles. The molecule has 7 heteroatoms. The van der Waals surface area contributed by atoms with E-state index in [4.69, 9.17) is 9.47 Å². The molecule has 0 aliphatic carbocycles. The Balaban J connectivity index is 2.73. The number of hydrogen-bond acceptors (Lipinski definition) is 5. The van der Waals surface area contributed by atoms with Gasteiger partial charge in [0, 0.05) is 14.2 Å². The molecule has 5 atom stereocenters. The first-order valence-electron chi connectivity index (χ1n) is 5.04. The van der Waals surface area contributed by atoms with E-state index < -0.39 is 36.7 Å². The average molecular weight is 234 g/mol. The van der Waals surface area contributed by atoms with E-state index in [9.17, 15) is 15.0 Å². The monoisotopic (exact) mass is 234 g/mol. The largest absolute Gasteiger partial charge is 0.388 e. The lowest BCUT2D eigenvalue weighted by Gasteiger charge is -2.41. The molecule has 0 saturated carbocycles. The summed E-state index contributed by atoms with van der Waals surface area (Å²) in [5, 5.41) is 24.2. The third kappa shape index (κ3) is 2.62. The van der Waals surface area contributed by atoms with Gasteiger partial charge in [0.15, 0.2) is 6.29 Å². The van der Waals surface area contributed by atoms with Crippen LogP contribution in [0.3, 0.4) is 0 Å². The maximum atomic E-state index is 11.1. The van der Waals surface area contributed by atoms with Gasteiger partial charge in [0.05, 0.1) is 6.10 Å². The van der Waals surface area contributed by atoms with Crippen LogP contribution in [0.25, 0.3) is 0 Å². The van der Waals surface area contributed by atoms with Crippen LogP contribution in [0, 0.1) is 0 Å². The van der Waals surface area contributed by atoms with Crippen molar-refractivity contribution in [3.63, 3.8) is 0 Å². The predicted molar refractivity (Wildman–Crippen MR) is 54.7 cm³/mol. The zero-order valence-corrected chi connectivity index (χ0v) is 9.51. The maximum absolute atomic E-state index is 11.1. The van der Waals surface area contributed by atoms with Gasteiger partial charge in [-0.3, -0.25) is 0 Å². The molecule has 0 radical (unpaired) electrons. The second-order valence-corrected chi connectivity index (χ2v) is 3.68. The Morgan fingerprint density at radius 3 is 2.50 bits per heavy atom. The summed E-state index contributed by atoms with van der Waals surface area (Å²) in [6.07, 6.45) is -3.53. The fourth-order valence-corrected chi connectivity index (χ4v) is 1.61. The Kier molecular flexibility index (Phi) is 4.48. The summed E-state index contributed by atoms with van der Waals surface area (Å²) in [5.41, 5.74) is 0. The van der Waals surface area contributed by atoms with Crippen molar-refractivity contribution in [1.82, 2.24) is 10.6 Å². The summed E-state index contributed by atoms with van der Waals surface area (Å²) < 4.78 is 10.3. The van der Waals surface area contributed by atoms with Gasteiger partial charge in [0.25, 0.3) is 0 Å². The number of methoxy groups -OCH3 is 1. The Hall–Kier alpha value is -0.890. The number of nitrogens with one attached hydrogen (secondary N) is 2. The number of rotatable bonds is 2. The van der Waals surface area contributed by atoms with Crippen LogP contribution >= 0.6 is 0 Å². The molecule has 16 heavy (non-hydrogen) atoms. The van der Waals surface area contributed by atoms with Gasteiger partial charge in [0.1, 0.15) is 18.2 Å². The number of carbonyl (C=O) groups is 1. The zero-order chi connectivity index (χ0) is 12.3. The van der Waals surface area contributed by atoms with E-state index in [0.29, 0.717) is 0 Å². The van der Waals surface area contributed by atoms with Gasteiger partial charge in [-0.05, 0) is 6.92 Å². The van der Waals surface area contributed by atoms with Gasteiger partial charge in [-0.2, -0.15) is 0 Å². The van der Waals surface area contributed by atoms with Gasteiger partial charge in [-0.25, -0.2) is 4.79 Å². The van der Waals surface area contributed by atoms with E-state index in [1.807, 2.05) is 0 Å². The van der Waals surface area contributed by atoms with E-state index in [2.05, 4.69) is 10.6 Å². The summed E-state index contributed by atoms with van der Waals surface area (Å²) in [7, 11) is 2.85. The van der Waals surface area contributed by atoms with Crippen LogP contribution < -0.4 is 10.6 Å². The summed E-state index contributed by atoms with van der Waals surface area (Å²) in [5.74, 6) is 0. The molecule has 0 aromatic carbocycles. The average Bonchev–Trinajstić information content (AvgIpc) is 2.29. The van der Waals surface area contributed by atoms with Gasteiger partial charge in [0.2, 0.25) is 0 Å². The summed E-state index contributed by atoms with van der Waals surface area (Å²) in [6.45, 7) is 1.62. The molecule has 1 fully saturated rings. The lowest BCUT2D eigenvalue weighted by atomic mass is 9.98. The highest BCUT2D eigenvalue weighted by molar-refractivity contribution is 5.73. The van der Waals surface area contributed by atoms with Crippen LogP contribution in [0.2, 0.25) is 0 Å². The second-order valence-electron chi connectivity index (χ2n) is 3.68. The van der Waals surface area contributed by atoms with Crippen molar-refractivity contribution in [3.05, 3.63) is 0 Å². The number of ether oxygens (including phenoxy) is 2. The summed E-state index contributed by atoms with van der Waals surface area (Å²) in [6, 6.07) is -1.28. The molecule has 2 amide bonds. The Morgan fingerprint density at radius 2 is 2.00 bits per heavy atom. The molecular weight excluding hydrogens is 216 g/mol. The SMILES string of the molecule is CNC(=O)N[C@@H]1[C@@H](OC)O[C@H](C)[C@@H](O)[C@@H]1O. The van der Waals surface area contributed by atoms with Crippen molar-refractivity contribution in [2.45, 2.75) is 37.6 Å². The molecule has 1 saturated heterocycles. The van der Waals surface area contributed by atoms with Gasteiger partial charge < -0.3 is 30.3 Å². The van der Waals surface area contributed by atoms with Crippen molar-refractivity contribution in [1.29, 1.82) is 0 Å². The Labute approximate surface area is 93.7 Å². The lowest BCUT2D eigenvalue weighted by Crippen LogP contribution is -2.64. The first-order valence-corrected chi connectivity index (χ1v) is 5.04.